The molecule has 1 aromatic carbocycles. The summed E-state index contributed by atoms with van der Waals surface area (Å²) in [4.78, 5) is 22.5. The molecule has 0 radical (unpaired) electrons. The topological polar surface area (TPSA) is 54.9 Å². The number of pyridine rings is 1. The number of aromatic nitrogens is 2. The van der Waals surface area contributed by atoms with Crippen LogP contribution in [0.25, 0.3) is 10.7 Å². The number of aryl methyl sites for hydroxylation is 1. The van der Waals surface area contributed by atoms with Gasteiger partial charge in [-0.3, -0.25) is 9.78 Å². The molecule has 1 atom stereocenters. The van der Waals surface area contributed by atoms with E-state index in [2.05, 4.69) is 67.2 Å². The SMILES string of the molecule is Cc1nc(-c2ccccn2)sc1C(=O)NC(c1ccc(C(C)C)cc1)C(C)C. The minimum Gasteiger partial charge on any atom is -0.344 e. The van der Waals surface area contributed by atoms with Crippen molar-refractivity contribution in [2.45, 2.75) is 46.6 Å². The predicted molar refractivity (Wildman–Crippen MR) is 116 cm³/mol. The van der Waals surface area contributed by atoms with Crippen LogP contribution in [0.3, 0.4) is 0 Å². The number of hydrogen-bond acceptors (Lipinski definition) is 4. The average Bonchev–Trinajstić information content (AvgIpc) is 3.08. The summed E-state index contributed by atoms with van der Waals surface area (Å²) in [6, 6.07) is 14.2. The van der Waals surface area contributed by atoms with Gasteiger partial charge in [0.25, 0.3) is 5.91 Å². The maximum absolute atomic E-state index is 13.0. The van der Waals surface area contributed by atoms with Gasteiger partial charge < -0.3 is 5.32 Å². The van der Waals surface area contributed by atoms with Crippen LogP contribution >= 0.6 is 11.3 Å². The van der Waals surface area contributed by atoms with E-state index >= 15 is 0 Å². The Morgan fingerprint density at radius 3 is 2.25 bits per heavy atom. The normalized spacial score (nSPS) is 12.4. The molecule has 1 amide bonds. The number of benzene rings is 1. The molecule has 0 aliphatic heterocycles. The summed E-state index contributed by atoms with van der Waals surface area (Å²) in [6.07, 6.45) is 1.74. The number of rotatable bonds is 6. The first-order valence-electron chi connectivity index (χ1n) is 9.66. The van der Waals surface area contributed by atoms with Gasteiger partial charge in [-0.25, -0.2) is 4.98 Å². The Kier molecular flexibility index (Phi) is 6.25. The van der Waals surface area contributed by atoms with E-state index in [1.54, 1.807) is 6.20 Å². The summed E-state index contributed by atoms with van der Waals surface area (Å²) in [5, 5.41) is 3.98. The number of thiazole rings is 1. The number of hydrogen-bond donors (Lipinski definition) is 1. The molecule has 0 spiro atoms. The molecule has 0 fully saturated rings. The van der Waals surface area contributed by atoms with E-state index in [-0.39, 0.29) is 17.9 Å². The highest BCUT2D eigenvalue weighted by molar-refractivity contribution is 7.17. The largest absolute Gasteiger partial charge is 0.344 e. The minimum absolute atomic E-state index is 0.0477. The van der Waals surface area contributed by atoms with Crippen molar-refractivity contribution < 1.29 is 4.79 Å². The lowest BCUT2D eigenvalue weighted by Crippen LogP contribution is -2.31. The summed E-state index contributed by atoms with van der Waals surface area (Å²) in [5.74, 6) is 0.687. The molecule has 1 N–H and O–H groups in total. The van der Waals surface area contributed by atoms with E-state index in [1.807, 2.05) is 25.1 Å². The number of amides is 1. The van der Waals surface area contributed by atoms with Crippen molar-refractivity contribution in [3.05, 3.63) is 70.4 Å². The fourth-order valence-corrected chi connectivity index (χ4v) is 4.08. The van der Waals surface area contributed by atoms with Crippen LogP contribution in [0, 0.1) is 12.8 Å². The molecule has 3 rings (SSSR count). The van der Waals surface area contributed by atoms with Gasteiger partial charge in [0.15, 0.2) is 0 Å². The highest BCUT2D eigenvalue weighted by Crippen LogP contribution is 2.29. The van der Waals surface area contributed by atoms with E-state index in [1.165, 1.54) is 16.9 Å². The second kappa shape index (κ2) is 8.65. The molecule has 1 unspecified atom stereocenters. The standard InChI is InChI=1S/C23H27N3OS/c1-14(2)17-9-11-18(12-10-17)20(15(3)4)26-22(27)21-16(5)25-23(28-21)19-8-6-7-13-24-19/h6-15,20H,1-5H3,(H,26,27). The highest BCUT2D eigenvalue weighted by atomic mass is 32.1. The van der Waals surface area contributed by atoms with Crippen LogP contribution in [-0.4, -0.2) is 15.9 Å². The first-order valence-corrected chi connectivity index (χ1v) is 10.5. The van der Waals surface area contributed by atoms with Gasteiger partial charge in [0.05, 0.1) is 17.4 Å². The minimum atomic E-state index is -0.0798. The van der Waals surface area contributed by atoms with E-state index in [0.717, 1.165) is 22.0 Å². The number of carbonyl (C=O) groups excluding carboxylic acids is 1. The molecule has 0 bridgehead atoms. The lowest BCUT2D eigenvalue weighted by Gasteiger charge is -2.23. The van der Waals surface area contributed by atoms with Crippen molar-refractivity contribution in [2.75, 3.05) is 0 Å². The molecule has 5 heteroatoms. The van der Waals surface area contributed by atoms with E-state index in [0.29, 0.717) is 10.8 Å². The first-order chi connectivity index (χ1) is 13.4. The third-order valence-corrected chi connectivity index (χ3v) is 5.98. The zero-order valence-electron chi connectivity index (χ0n) is 17.1. The monoisotopic (exact) mass is 393 g/mol. The molecule has 3 aromatic rings. The third kappa shape index (κ3) is 4.47. The van der Waals surface area contributed by atoms with Crippen molar-refractivity contribution in [1.82, 2.24) is 15.3 Å². The quantitative estimate of drug-likeness (QED) is 0.579. The molecule has 0 saturated heterocycles. The second-order valence-corrected chi connectivity index (χ2v) is 8.66. The summed E-state index contributed by atoms with van der Waals surface area (Å²) < 4.78 is 0. The molecule has 4 nitrogen and oxygen atoms in total. The second-order valence-electron chi connectivity index (χ2n) is 7.67. The highest BCUT2D eigenvalue weighted by Gasteiger charge is 2.23. The zero-order chi connectivity index (χ0) is 20.3. The maximum Gasteiger partial charge on any atom is 0.263 e. The molecular weight excluding hydrogens is 366 g/mol. The Morgan fingerprint density at radius 1 is 1.00 bits per heavy atom. The average molecular weight is 394 g/mol. The summed E-state index contributed by atoms with van der Waals surface area (Å²) in [6.45, 7) is 10.5. The molecular formula is C23H27N3OS. The van der Waals surface area contributed by atoms with Crippen molar-refractivity contribution in [3.8, 4) is 10.7 Å². The van der Waals surface area contributed by atoms with Crippen molar-refractivity contribution >= 4 is 17.2 Å². The van der Waals surface area contributed by atoms with Crippen LogP contribution in [0.15, 0.2) is 48.7 Å². The maximum atomic E-state index is 13.0. The fraction of sp³-hybridized carbons (Fsp3) is 0.348. The summed E-state index contributed by atoms with van der Waals surface area (Å²) >= 11 is 1.39. The molecule has 0 saturated carbocycles. The molecule has 146 valence electrons. The van der Waals surface area contributed by atoms with Crippen molar-refractivity contribution in [1.29, 1.82) is 0 Å². The Hall–Kier alpha value is -2.53. The van der Waals surface area contributed by atoms with Crippen molar-refractivity contribution in [3.63, 3.8) is 0 Å². The Balaban J connectivity index is 1.82. The molecule has 0 aliphatic rings. The van der Waals surface area contributed by atoms with Crippen molar-refractivity contribution in [2.24, 2.45) is 5.92 Å². The van der Waals surface area contributed by atoms with E-state index in [9.17, 15) is 4.79 Å². The molecule has 2 heterocycles. The summed E-state index contributed by atoms with van der Waals surface area (Å²) in [7, 11) is 0. The van der Waals surface area contributed by atoms with Gasteiger partial charge in [-0.05, 0) is 42.0 Å². The van der Waals surface area contributed by atoms with Gasteiger partial charge in [0, 0.05) is 6.20 Å². The Bertz CT molecular complexity index is 930. The zero-order valence-corrected chi connectivity index (χ0v) is 17.9. The van der Waals surface area contributed by atoms with E-state index in [4.69, 9.17) is 0 Å². The Labute approximate surface area is 171 Å². The van der Waals surface area contributed by atoms with Crippen LogP contribution in [0.5, 0.6) is 0 Å². The number of nitrogens with zero attached hydrogens (tertiary/aromatic N) is 2. The predicted octanol–water partition coefficient (Wildman–Crippen LogP) is 5.76. The molecule has 28 heavy (non-hydrogen) atoms. The van der Waals surface area contributed by atoms with Crippen LogP contribution in [-0.2, 0) is 0 Å². The van der Waals surface area contributed by atoms with Crippen LogP contribution in [0.4, 0.5) is 0 Å². The van der Waals surface area contributed by atoms with Crippen LogP contribution in [0.1, 0.15) is 66.1 Å². The molecule has 0 aliphatic carbocycles. The number of carbonyl (C=O) groups is 1. The smallest absolute Gasteiger partial charge is 0.263 e. The van der Waals surface area contributed by atoms with Gasteiger partial charge in [-0.2, -0.15) is 0 Å². The summed E-state index contributed by atoms with van der Waals surface area (Å²) in [5.41, 5.74) is 3.95. The fourth-order valence-electron chi connectivity index (χ4n) is 3.14. The third-order valence-electron chi connectivity index (χ3n) is 4.80. The van der Waals surface area contributed by atoms with Gasteiger partial charge in [-0.15, -0.1) is 11.3 Å². The van der Waals surface area contributed by atoms with Gasteiger partial charge >= 0.3 is 0 Å². The Morgan fingerprint density at radius 2 is 1.68 bits per heavy atom. The molecule has 2 aromatic heterocycles. The van der Waals surface area contributed by atoms with Gasteiger partial charge in [0.2, 0.25) is 0 Å². The lowest BCUT2D eigenvalue weighted by molar-refractivity contribution is 0.0929. The first kappa shape index (κ1) is 20.2. The lowest BCUT2D eigenvalue weighted by atomic mass is 9.93. The van der Waals surface area contributed by atoms with Gasteiger partial charge in [0.1, 0.15) is 9.88 Å². The van der Waals surface area contributed by atoms with Crippen LogP contribution < -0.4 is 5.32 Å². The van der Waals surface area contributed by atoms with E-state index < -0.39 is 0 Å². The number of nitrogens with one attached hydrogen (secondary N) is 1. The van der Waals surface area contributed by atoms with Gasteiger partial charge in [-0.1, -0.05) is 58.0 Å². The van der Waals surface area contributed by atoms with Crippen LogP contribution in [0.2, 0.25) is 0 Å².